The molecular weight excluding hydrogens is 176 g/mol. The summed E-state index contributed by atoms with van der Waals surface area (Å²) < 4.78 is 18.9. The summed E-state index contributed by atoms with van der Waals surface area (Å²) in [6.07, 6.45) is 3.23. The van der Waals surface area contributed by atoms with Gasteiger partial charge in [-0.3, -0.25) is 4.98 Å². The van der Waals surface area contributed by atoms with Crippen molar-refractivity contribution in [1.82, 2.24) is 4.98 Å². The van der Waals surface area contributed by atoms with Crippen molar-refractivity contribution in [3.05, 3.63) is 30.1 Å². The van der Waals surface area contributed by atoms with Crippen LogP contribution >= 0.6 is 0 Å². The first-order valence-corrected chi connectivity index (χ1v) is 4.70. The molecule has 12 heavy (non-hydrogen) atoms. The van der Waals surface area contributed by atoms with Gasteiger partial charge in [0.25, 0.3) is 0 Å². The summed E-state index contributed by atoms with van der Waals surface area (Å²) in [6.45, 7) is 0. The highest BCUT2D eigenvalue weighted by Gasteiger charge is 2.07. The minimum Gasteiger partial charge on any atom is -0.323 e. The van der Waals surface area contributed by atoms with E-state index in [-0.39, 0.29) is 5.75 Å². The van der Waals surface area contributed by atoms with Gasteiger partial charge in [0, 0.05) is 18.4 Å². The minimum absolute atomic E-state index is 0.0473. The number of pyridine rings is 1. The Kier molecular flexibility index (Phi) is 3.33. The van der Waals surface area contributed by atoms with Gasteiger partial charge in [-0.25, -0.2) is 4.21 Å². The summed E-state index contributed by atoms with van der Waals surface area (Å²) in [5.41, 5.74) is 6.38. The first-order chi connectivity index (χ1) is 5.70. The highest BCUT2D eigenvalue weighted by molar-refractivity contribution is 7.79. The molecule has 1 aromatic rings. The van der Waals surface area contributed by atoms with Crippen LogP contribution in [0.25, 0.3) is 0 Å². The lowest BCUT2D eigenvalue weighted by molar-refractivity contribution is 0.557. The fourth-order valence-electron chi connectivity index (χ4n) is 0.845. The Morgan fingerprint density at radius 1 is 1.75 bits per heavy atom. The molecule has 4 nitrogen and oxygen atoms in total. The number of hydrogen-bond donors (Lipinski definition) is 2. The Balaban J connectivity index is 2.65. The highest BCUT2D eigenvalue weighted by atomic mass is 32.2. The molecule has 0 saturated carbocycles. The summed E-state index contributed by atoms with van der Waals surface area (Å²) in [5, 5.41) is 0. The molecule has 0 fully saturated rings. The van der Waals surface area contributed by atoms with Crippen molar-refractivity contribution in [2.24, 2.45) is 5.73 Å². The topological polar surface area (TPSA) is 76.2 Å². The Bertz CT molecular complexity index is 265. The zero-order valence-corrected chi connectivity index (χ0v) is 7.20. The van der Waals surface area contributed by atoms with Crippen molar-refractivity contribution in [3.63, 3.8) is 0 Å². The van der Waals surface area contributed by atoms with Crippen LogP contribution in [0.5, 0.6) is 0 Å². The zero-order valence-electron chi connectivity index (χ0n) is 6.38. The van der Waals surface area contributed by atoms with E-state index in [1.54, 1.807) is 24.5 Å². The molecule has 0 aliphatic heterocycles. The minimum atomic E-state index is -1.85. The average Bonchev–Trinajstić information content (AvgIpc) is 2.05. The van der Waals surface area contributed by atoms with Gasteiger partial charge in [0.2, 0.25) is 0 Å². The van der Waals surface area contributed by atoms with Gasteiger partial charge in [-0.2, -0.15) is 0 Å². The van der Waals surface area contributed by atoms with Crippen LogP contribution in [-0.2, 0) is 11.1 Å². The van der Waals surface area contributed by atoms with Gasteiger partial charge in [0.05, 0.1) is 5.75 Å². The first-order valence-electron chi connectivity index (χ1n) is 3.43. The molecule has 3 N–H and O–H groups in total. The lowest BCUT2D eigenvalue weighted by Gasteiger charge is -2.07. The number of rotatable bonds is 3. The number of nitrogens with two attached hydrogens (primary N) is 1. The molecular formula is C7H10N2O2S. The molecule has 5 heteroatoms. The second kappa shape index (κ2) is 4.30. The number of aromatic nitrogens is 1. The summed E-state index contributed by atoms with van der Waals surface area (Å²) in [7, 11) is 0. The third-order valence-electron chi connectivity index (χ3n) is 1.43. The molecule has 0 amide bonds. The molecule has 0 aliphatic rings. The molecule has 66 valence electrons. The first kappa shape index (κ1) is 9.31. The summed E-state index contributed by atoms with van der Waals surface area (Å²) in [6, 6.07) is 3.12. The molecule has 0 radical (unpaired) electrons. The van der Waals surface area contributed by atoms with Gasteiger partial charge in [0.1, 0.15) is 0 Å². The molecule has 1 rings (SSSR count). The molecule has 1 heterocycles. The Morgan fingerprint density at radius 3 is 3.00 bits per heavy atom. The molecule has 0 aromatic carbocycles. The molecule has 2 atom stereocenters. The van der Waals surface area contributed by atoms with E-state index in [2.05, 4.69) is 4.98 Å². The Morgan fingerprint density at radius 2 is 2.50 bits per heavy atom. The lowest BCUT2D eigenvalue weighted by atomic mass is 10.2. The maximum Gasteiger partial charge on any atom is 0.154 e. The van der Waals surface area contributed by atoms with E-state index in [0.717, 1.165) is 5.56 Å². The molecule has 0 saturated heterocycles. The van der Waals surface area contributed by atoms with Gasteiger partial charge < -0.3 is 10.3 Å². The normalized spacial score (nSPS) is 15.5. The van der Waals surface area contributed by atoms with E-state index in [1.165, 1.54) is 0 Å². The van der Waals surface area contributed by atoms with E-state index in [1.807, 2.05) is 0 Å². The molecule has 0 spiro atoms. The predicted octanol–water partition coefficient (Wildman–Crippen LogP) is 0.303. The van der Waals surface area contributed by atoms with E-state index >= 15 is 0 Å². The van der Waals surface area contributed by atoms with Gasteiger partial charge in [-0.05, 0) is 11.6 Å². The average molecular weight is 186 g/mol. The van der Waals surface area contributed by atoms with Crippen LogP contribution < -0.4 is 5.73 Å². The van der Waals surface area contributed by atoms with E-state index < -0.39 is 17.1 Å². The van der Waals surface area contributed by atoms with Crippen molar-refractivity contribution >= 4 is 11.1 Å². The second-order valence-corrected chi connectivity index (χ2v) is 3.36. The largest absolute Gasteiger partial charge is 0.323 e. The zero-order chi connectivity index (χ0) is 8.97. The fourth-order valence-corrected chi connectivity index (χ4v) is 1.34. The summed E-state index contributed by atoms with van der Waals surface area (Å²) in [4.78, 5) is 3.85. The maximum atomic E-state index is 10.4. The molecule has 1 aromatic heterocycles. The second-order valence-electron chi connectivity index (χ2n) is 2.38. The van der Waals surface area contributed by atoms with Crippen molar-refractivity contribution < 1.29 is 8.76 Å². The van der Waals surface area contributed by atoms with Gasteiger partial charge in [0.15, 0.2) is 11.1 Å². The van der Waals surface area contributed by atoms with Crippen LogP contribution in [0.15, 0.2) is 24.5 Å². The van der Waals surface area contributed by atoms with Crippen molar-refractivity contribution in [3.8, 4) is 0 Å². The van der Waals surface area contributed by atoms with E-state index in [4.69, 9.17) is 10.3 Å². The quantitative estimate of drug-likeness (QED) is 0.666. The van der Waals surface area contributed by atoms with E-state index in [0.29, 0.717) is 0 Å². The maximum absolute atomic E-state index is 10.4. The molecule has 2 unspecified atom stereocenters. The predicted molar refractivity (Wildman–Crippen MR) is 46.8 cm³/mol. The van der Waals surface area contributed by atoms with Crippen LogP contribution in [0.4, 0.5) is 0 Å². The third kappa shape index (κ3) is 2.69. The SMILES string of the molecule is NC(CS(=O)O)c1cccnc1. The molecule has 0 aliphatic carbocycles. The van der Waals surface area contributed by atoms with Crippen molar-refractivity contribution in [2.45, 2.75) is 6.04 Å². The van der Waals surface area contributed by atoms with Crippen LogP contribution in [-0.4, -0.2) is 19.5 Å². The summed E-state index contributed by atoms with van der Waals surface area (Å²) in [5.74, 6) is 0.0473. The molecule has 0 bridgehead atoms. The van der Waals surface area contributed by atoms with Gasteiger partial charge in [-0.15, -0.1) is 0 Å². The fraction of sp³-hybridized carbons (Fsp3) is 0.286. The van der Waals surface area contributed by atoms with Crippen LogP contribution in [0.3, 0.4) is 0 Å². The van der Waals surface area contributed by atoms with Crippen molar-refractivity contribution in [2.75, 3.05) is 5.75 Å². The van der Waals surface area contributed by atoms with Gasteiger partial charge in [-0.1, -0.05) is 6.07 Å². The number of hydrogen-bond acceptors (Lipinski definition) is 3. The summed E-state index contributed by atoms with van der Waals surface area (Å²) >= 11 is -1.85. The van der Waals surface area contributed by atoms with Crippen LogP contribution in [0.1, 0.15) is 11.6 Å². The standard InChI is InChI=1S/C7H10N2O2S/c8-7(5-12(10)11)6-2-1-3-9-4-6/h1-4,7H,5,8H2,(H,10,11). The third-order valence-corrected chi connectivity index (χ3v) is 2.08. The van der Waals surface area contributed by atoms with E-state index in [9.17, 15) is 4.21 Å². The van der Waals surface area contributed by atoms with Crippen LogP contribution in [0, 0.1) is 0 Å². The Hall–Kier alpha value is -0.780. The highest BCUT2D eigenvalue weighted by Crippen LogP contribution is 2.07. The van der Waals surface area contributed by atoms with Crippen molar-refractivity contribution in [1.29, 1.82) is 0 Å². The Labute approximate surface area is 73.1 Å². The smallest absolute Gasteiger partial charge is 0.154 e. The van der Waals surface area contributed by atoms with Gasteiger partial charge >= 0.3 is 0 Å². The monoisotopic (exact) mass is 186 g/mol. The number of nitrogens with zero attached hydrogens (tertiary/aromatic N) is 1. The lowest BCUT2D eigenvalue weighted by Crippen LogP contribution is -2.17. The van der Waals surface area contributed by atoms with Crippen LogP contribution in [0.2, 0.25) is 0 Å².